The Morgan fingerprint density at radius 1 is 1.32 bits per heavy atom. The Morgan fingerprint density at radius 2 is 2.08 bits per heavy atom. The molecule has 0 aromatic heterocycles. The minimum absolute atomic E-state index is 0.0387. The number of nitrogens with zero attached hydrogens (tertiary/aromatic N) is 3. The fourth-order valence-electron chi connectivity index (χ4n) is 2.92. The Hall–Kier alpha value is -3.26. The van der Waals surface area contributed by atoms with Gasteiger partial charge in [-0.2, -0.15) is 10.5 Å². The van der Waals surface area contributed by atoms with Gasteiger partial charge in [0.25, 0.3) is 5.91 Å². The maximum absolute atomic E-state index is 12.9. The SMILES string of the molecule is C[C@]1(c2ccc3c(c2)OCO3)NC(=O)N(C[C@H](C#N)CCC#N)C1=O. The van der Waals surface area contributed by atoms with Gasteiger partial charge in [-0.25, -0.2) is 4.79 Å². The maximum atomic E-state index is 12.9. The van der Waals surface area contributed by atoms with Crippen LogP contribution in [0.15, 0.2) is 18.2 Å². The number of imide groups is 1. The van der Waals surface area contributed by atoms with Crippen molar-refractivity contribution in [2.24, 2.45) is 5.92 Å². The zero-order chi connectivity index (χ0) is 18.0. The summed E-state index contributed by atoms with van der Waals surface area (Å²) in [6, 6.07) is 8.52. The van der Waals surface area contributed by atoms with Crippen LogP contribution in [-0.2, 0) is 10.3 Å². The van der Waals surface area contributed by atoms with E-state index in [1.807, 2.05) is 12.1 Å². The molecule has 2 heterocycles. The van der Waals surface area contributed by atoms with Crippen molar-refractivity contribution in [2.45, 2.75) is 25.3 Å². The van der Waals surface area contributed by atoms with Gasteiger partial charge in [-0.15, -0.1) is 0 Å². The van der Waals surface area contributed by atoms with E-state index < -0.39 is 23.4 Å². The zero-order valence-electron chi connectivity index (χ0n) is 13.6. The molecule has 0 radical (unpaired) electrons. The first-order valence-electron chi connectivity index (χ1n) is 7.80. The van der Waals surface area contributed by atoms with Gasteiger partial charge in [0.2, 0.25) is 6.79 Å². The molecule has 2 atom stereocenters. The number of ether oxygens (including phenoxy) is 2. The van der Waals surface area contributed by atoms with Gasteiger partial charge in [-0.05, 0) is 31.0 Å². The van der Waals surface area contributed by atoms with Crippen molar-refractivity contribution >= 4 is 11.9 Å². The number of carbonyl (C=O) groups is 2. The van der Waals surface area contributed by atoms with Gasteiger partial charge in [0, 0.05) is 13.0 Å². The Kier molecular flexibility index (Phi) is 4.20. The molecule has 1 fully saturated rings. The van der Waals surface area contributed by atoms with Crippen LogP contribution in [0.4, 0.5) is 4.79 Å². The minimum Gasteiger partial charge on any atom is -0.454 e. The predicted octanol–water partition coefficient (Wildman–Crippen LogP) is 1.63. The molecule has 1 N–H and O–H groups in total. The molecular weight excluding hydrogens is 324 g/mol. The molecule has 25 heavy (non-hydrogen) atoms. The molecule has 128 valence electrons. The molecule has 8 nitrogen and oxygen atoms in total. The van der Waals surface area contributed by atoms with Crippen LogP contribution in [0.3, 0.4) is 0 Å². The predicted molar refractivity (Wildman–Crippen MR) is 84.1 cm³/mol. The molecule has 1 saturated heterocycles. The van der Waals surface area contributed by atoms with Crippen molar-refractivity contribution in [3.63, 3.8) is 0 Å². The summed E-state index contributed by atoms with van der Waals surface area (Å²) in [4.78, 5) is 26.2. The third kappa shape index (κ3) is 2.83. The smallest absolute Gasteiger partial charge is 0.325 e. The molecule has 1 aromatic rings. The van der Waals surface area contributed by atoms with E-state index >= 15 is 0 Å². The Bertz CT molecular complexity index is 810. The van der Waals surface area contributed by atoms with Crippen LogP contribution in [0.2, 0.25) is 0 Å². The number of urea groups is 1. The second-order valence-corrected chi connectivity index (χ2v) is 6.06. The molecule has 0 bridgehead atoms. The van der Waals surface area contributed by atoms with E-state index in [2.05, 4.69) is 5.32 Å². The molecule has 3 amide bonds. The standard InChI is InChI=1S/C17H16N4O4/c1-17(12-4-5-13-14(7-12)25-10-24-13)15(22)21(16(23)20-17)9-11(8-19)3-2-6-18/h4-5,7,11H,2-3,9-10H2,1H3,(H,20,23)/t11-,17+/m0/s1. The molecular formula is C17H16N4O4. The lowest BCUT2D eigenvalue weighted by Gasteiger charge is -2.23. The third-order valence-corrected chi connectivity index (χ3v) is 4.42. The first kappa shape index (κ1) is 16.6. The molecule has 0 saturated carbocycles. The summed E-state index contributed by atoms with van der Waals surface area (Å²) < 4.78 is 10.6. The number of benzene rings is 1. The van der Waals surface area contributed by atoms with Crippen LogP contribution in [0, 0.1) is 28.6 Å². The van der Waals surface area contributed by atoms with Gasteiger partial charge in [0.1, 0.15) is 5.54 Å². The highest BCUT2D eigenvalue weighted by Crippen LogP contribution is 2.38. The summed E-state index contributed by atoms with van der Waals surface area (Å²) in [5.41, 5.74) is -0.670. The number of nitriles is 2. The highest BCUT2D eigenvalue weighted by atomic mass is 16.7. The van der Waals surface area contributed by atoms with Crippen LogP contribution in [0.5, 0.6) is 11.5 Å². The largest absolute Gasteiger partial charge is 0.454 e. The summed E-state index contributed by atoms with van der Waals surface area (Å²) in [7, 11) is 0. The number of rotatable bonds is 5. The van der Waals surface area contributed by atoms with Crippen molar-refractivity contribution < 1.29 is 19.1 Å². The lowest BCUT2D eigenvalue weighted by Crippen LogP contribution is -2.41. The van der Waals surface area contributed by atoms with Crippen molar-refractivity contribution in [2.75, 3.05) is 13.3 Å². The van der Waals surface area contributed by atoms with Crippen molar-refractivity contribution in [3.05, 3.63) is 23.8 Å². The second-order valence-electron chi connectivity index (χ2n) is 6.06. The number of hydrogen-bond donors (Lipinski definition) is 1. The van der Waals surface area contributed by atoms with E-state index in [0.29, 0.717) is 23.5 Å². The fourth-order valence-corrected chi connectivity index (χ4v) is 2.92. The van der Waals surface area contributed by atoms with Gasteiger partial charge < -0.3 is 14.8 Å². The van der Waals surface area contributed by atoms with E-state index in [1.54, 1.807) is 25.1 Å². The third-order valence-electron chi connectivity index (χ3n) is 4.42. The van der Waals surface area contributed by atoms with E-state index in [4.69, 9.17) is 14.7 Å². The first-order valence-corrected chi connectivity index (χ1v) is 7.80. The number of amides is 3. The van der Waals surface area contributed by atoms with Crippen molar-refractivity contribution in [1.29, 1.82) is 10.5 Å². The summed E-state index contributed by atoms with van der Waals surface area (Å²) in [5.74, 6) is 0.0900. The number of carbonyl (C=O) groups excluding carboxylic acids is 2. The molecule has 1 aromatic carbocycles. The Morgan fingerprint density at radius 3 is 2.80 bits per heavy atom. The summed E-state index contributed by atoms with van der Waals surface area (Å²) >= 11 is 0. The summed E-state index contributed by atoms with van der Waals surface area (Å²) in [5, 5.41) is 20.5. The van der Waals surface area contributed by atoms with E-state index in [9.17, 15) is 14.9 Å². The monoisotopic (exact) mass is 340 g/mol. The van der Waals surface area contributed by atoms with Crippen LogP contribution in [0.25, 0.3) is 0 Å². The molecule has 3 rings (SSSR count). The summed E-state index contributed by atoms with van der Waals surface area (Å²) in [6.45, 7) is 1.69. The average Bonchev–Trinajstić information content (AvgIpc) is 3.16. The van der Waals surface area contributed by atoms with Crippen molar-refractivity contribution in [3.8, 4) is 23.6 Å². The van der Waals surface area contributed by atoms with Gasteiger partial charge >= 0.3 is 6.03 Å². The average molecular weight is 340 g/mol. The minimum atomic E-state index is -1.24. The zero-order valence-corrected chi connectivity index (χ0v) is 13.6. The van der Waals surface area contributed by atoms with Gasteiger partial charge in [-0.1, -0.05) is 6.07 Å². The normalized spacial score (nSPS) is 22.3. The maximum Gasteiger partial charge on any atom is 0.325 e. The van der Waals surface area contributed by atoms with Gasteiger partial charge in [-0.3, -0.25) is 9.69 Å². The van der Waals surface area contributed by atoms with Crippen LogP contribution in [0.1, 0.15) is 25.3 Å². The molecule has 2 aliphatic rings. The van der Waals surface area contributed by atoms with Crippen molar-refractivity contribution in [1.82, 2.24) is 10.2 Å². The van der Waals surface area contributed by atoms with Gasteiger partial charge in [0.05, 0.1) is 18.1 Å². The highest BCUT2D eigenvalue weighted by Gasteiger charge is 2.49. The van der Waals surface area contributed by atoms with Crippen LogP contribution >= 0.6 is 0 Å². The molecule has 2 aliphatic heterocycles. The fraction of sp³-hybridized carbons (Fsp3) is 0.412. The summed E-state index contributed by atoms with van der Waals surface area (Å²) in [6.07, 6.45) is 0.506. The van der Waals surface area contributed by atoms with E-state index in [0.717, 1.165) is 4.90 Å². The first-order chi connectivity index (χ1) is 12.0. The van der Waals surface area contributed by atoms with E-state index in [1.165, 1.54) is 0 Å². The quantitative estimate of drug-likeness (QED) is 0.814. The van der Waals surface area contributed by atoms with Gasteiger partial charge in [0.15, 0.2) is 11.5 Å². The Balaban J connectivity index is 1.82. The lowest BCUT2D eigenvalue weighted by molar-refractivity contribution is -0.131. The van der Waals surface area contributed by atoms with Crippen LogP contribution < -0.4 is 14.8 Å². The number of fused-ring (bicyclic) bond motifs is 1. The van der Waals surface area contributed by atoms with E-state index in [-0.39, 0.29) is 19.8 Å². The number of nitrogens with one attached hydrogen (secondary N) is 1. The lowest BCUT2D eigenvalue weighted by atomic mass is 9.91. The highest BCUT2D eigenvalue weighted by molar-refractivity contribution is 6.07. The molecule has 0 spiro atoms. The second kappa shape index (κ2) is 6.33. The Labute approximate surface area is 144 Å². The molecule has 8 heteroatoms. The van der Waals surface area contributed by atoms with Crippen LogP contribution in [-0.4, -0.2) is 30.2 Å². The number of hydrogen-bond acceptors (Lipinski definition) is 6. The topological polar surface area (TPSA) is 115 Å². The molecule has 0 unspecified atom stereocenters. The molecule has 0 aliphatic carbocycles.